The summed E-state index contributed by atoms with van der Waals surface area (Å²) < 4.78 is 3.96. The molecule has 3 heterocycles. The molecule has 0 fully saturated rings. The second-order valence-corrected chi connectivity index (χ2v) is 8.67. The molecule has 0 spiro atoms. The summed E-state index contributed by atoms with van der Waals surface area (Å²) in [6.45, 7) is 4.27. The standard InChI is InChI=1S/C22H25N5OS/c1-2-27-21(28)19-15-8-3-6-11-18(15)29-20(19)25-22(27)23-12-7-13-26-14-24-16-9-4-5-10-17(16)26/h4-5,9-10,14H,2-3,6-8,11-13H2,1H3,(H,23,25). The highest BCUT2D eigenvalue weighted by Crippen LogP contribution is 2.34. The smallest absolute Gasteiger partial charge is 0.263 e. The van der Waals surface area contributed by atoms with Crippen molar-refractivity contribution in [1.29, 1.82) is 0 Å². The first-order chi connectivity index (χ1) is 14.3. The maximum absolute atomic E-state index is 13.2. The number of para-hydroxylation sites is 2. The van der Waals surface area contributed by atoms with Crippen LogP contribution in [0.15, 0.2) is 35.4 Å². The fraction of sp³-hybridized carbons (Fsp3) is 0.409. The molecule has 1 aromatic carbocycles. The average Bonchev–Trinajstić information content (AvgIpc) is 3.32. The summed E-state index contributed by atoms with van der Waals surface area (Å²) in [7, 11) is 0. The second kappa shape index (κ2) is 7.63. The van der Waals surface area contributed by atoms with Crippen molar-refractivity contribution in [1.82, 2.24) is 19.1 Å². The van der Waals surface area contributed by atoms with Crippen LogP contribution in [0.25, 0.3) is 21.3 Å². The van der Waals surface area contributed by atoms with E-state index in [2.05, 4.69) is 20.9 Å². The highest BCUT2D eigenvalue weighted by molar-refractivity contribution is 7.18. The Balaban J connectivity index is 1.35. The first-order valence-corrected chi connectivity index (χ1v) is 11.3. The number of aryl methyl sites for hydroxylation is 3. The molecular weight excluding hydrogens is 382 g/mol. The van der Waals surface area contributed by atoms with Crippen LogP contribution in [0.4, 0.5) is 5.95 Å². The van der Waals surface area contributed by atoms with Crippen molar-refractivity contribution >= 4 is 38.5 Å². The number of aromatic nitrogens is 4. The van der Waals surface area contributed by atoms with E-state index >= 15 is 0 Å². The molecule has 1 N–H and O–H groups in total. The second-order valence-electron chi connectivity index (χ2n) is 7.58. The molecule has 0 saturated heterocycles. The van der Waals surface area contributed by atoms with Gasteiger partial charge in [-0.3, -0.25) is 9.36 Å². The molecule has 5 rings (SSSR count). The molecule has 0 aliphatic heterocycles. The van der Waals surface area contributed by atoms with Gasteiger partial charge in [-0.05, 0) is 56.7 Å². The molecule has 1 aliphatic rings. The van der Waals surface area contributed by atoms with E-state index in [1.165, 1.54) is 23.3 Å². The minimum atomic E-state index is 0.111. The first-order valence-electron chi connectivity index (χ1n) is 10.4. The van der Waals surface area contributed by atoms with Crippen molar-refractivity contribution in [2.24, 2.45) is 0 Å². The van der Waals surface area contributed by atoms with E-state index in [1.54, 1.807) is 15.9 Å². The maximum Gasteiger partial charge on any atom is 0.263 e. The predicted molar refractivity (Wildman–Crippen MR) is 119 cm³/mol. The number of benzene rings is 1. The number of nitrogens with zero attached hydrogens (tertiary/aromatic N) is 4. The van der Waals surface area contributed by atoms with Gasteiger partial charge >= 0.3 is 0 Å². The van der Waals surface area contributed by atoms with Gasteiger partial charge < -0.3 is 9.88 Å². The number of rotatable bonds is 6. The fourth-order valence-corrected chi connectivity index (χ4v) is 5.56. The Labute approximate surface area is 173 Å². The molecule has 0 amide bonds. The van der Waals surface area contributed by atoms with E-state index in [0.717, 1.165) is 53.6 Å². The monoisotopic (exact) mass is 407 g/mol. The largest absolute Gasteiger partial charge is 0.355 e. The highest BCUT2D eigenvalue weighted by Gasteiger charge is 2.21. The quantitative estimate of drug-likeness (QED) is 0.486. The van der Waals surface area contributed by atoms with Crippen molar-refractivity contribution < 1.29 is 0 Å². The van der Waals surface area contributed by atoms with Crippen LogP contribution in [-0.4, -0.2) is 25.6 Å². The van der Waals surface area contributed by atoms with Gasteiger partial charge in [0.25, 0.3) is 5.56 Å². The van der Waals surface area contributed by atoms with Gasteiger partial charge in [0.1, 0.15) is 4.83 Å². The summed E-state index contributed by atoms with van der Waals surface area (Å²) >= 11 is 1.71. The normalized spacial score (nSPS) is 13.8. The summed E-state index contributed by atoms with van der Waals surface area (Å²) in [5, 5.41) is 4.28. The lowest BCUT2D eigenvalue weighted by atomic mass is 9.97. The van der Waals surface area contributed by atoms with Crippen molar-refractivity contribution in [3.05, 3.63) is 51.4 Å². The van der Waals surface area contributed by atoms with Crippen LogP contribution >= 0.6 is 11.3 Å². The Hall–Kier alpha value is -2.67. The molecule has 1 aliphatic carbocycles. The van der Waals surface area contributed by atoms with E-state index in [0.29, 0.717) is 12.5 Å². The Morgan fingerprint density at radius 2 is 2.07 bits per heavy atom. The van der Waals surface area contributed by atoms with Gasteiger partial charge in [-0.15, -0.1) is 11.3 Å². The van der Waals surface area contributed by atoms with Crippen LogP contribution < -0.4 is 10.9 Å². The number of fused-ring (bicyclic) bond motifs is 4. The predicted octanol–water partition coefficient (Wildman–Crippen LogP) is 4.21. The summed E-state index contributed by atoms with van der Waals surface area (Å²) in [5.74, 6) is 0.694. The zero-order valence-corrected chi connectivity index (χ0v) is 17.5. The Kier molecular flexibility index (Phi) is 4.83. The van der Waals surface area contributed by atoms with Crippen LogP contribution in [0.2, 0.25) is 0 Å². The molecule has 0 atom stereocenters. The van der Waals surface area contributed by atoms with Crippen LogP contribution in [0.5, 0.6) is 0 Å². The number of hydrogen-bond donors (Lipinski definition) is 1. The van der Waals surface area contributed by atoms with Gasteiger partial charge in [0.2, 0.25) is 5.95 Å². The molecule has 150 valence electrons. The van der Waals surface area contributed by atoms with Gasteiger partial charge in [-0.2, -0.15) is 0 Å². The number of hydrogen-bond acceptors (Lipinski definition) is 5. The molecule has 7 heteroatoms. The van der Waals surface area contributed by atoms with Gasteiger partial charge in [0, 0.05) is 24.5 Å². The lowest BCUT2D eigenvalue weighted by molar-refractivity contribution is 0.664. The number of anilines is 1. The average molecular weight is 408 g/mol. The molecule has 0 saturated carbocycles. The van der Waals surface area contributed by atoms with Crippen LogP contribution in [-0.2, 0) is 25.9 Å². The first kappa shape index (κ1) is 18.4. The van der Waals surface area contributed by atoms with Gasteiger partial charge in [-0.25, -0.2) is 9.97 Å². The Bertz CT molecular complexity index is 1240. The fourth-order valence-electron chi connectivity index (χ4n) is 4.30. The number of imidazole rings is 1. The van der Waals surface area contributed by atoms with Crippen molar-refractivity contribution in [2.45, 2.75) is 52.1 Å². The molecule has 6 nitrogen and oxygen atoms in total. The summed E-state index contributed by atoms with van der Waals surface area (Å²) in [6.07, 6.45) is 7.32. The Morgan fingerprint density at radius 3 is 2.97 bits per heavy atom. The van der Waals surface area contributed by atoms with E-state index in [4.69, 9.17) is 4.98 Å². The van der Waals surface area contributed by atoms with E-state index in [1.807, 2.05) is 31.5 Å². The van der Waals surface area contributed by atoms with Crippen molar-refractivity contribution in [2.75, 3.05) is 11.9 Å². The third-order valence-electron chi connectivity index (χ3n) is 5.78. The zero-order valence-electron chi connectivity index (χ0n) is 16.6. The maximum atomic E-state index is 13.2. The molecule has 0 radical (unpaired) electrons. The van der Waals surface area contributed by atoms with Crippen LogP contribution in [0.3, 0.4) is 0 Å². The third-order valence-corrected chi connectivity index (χ3v) is 6.96. The van der Waals surface area contributed by atoms with Crippen molar-refractivity contribution in [3.63, 3.8) is 0 Å². The van der Waals surface area contributed by atoms with Gasteiger partial charge in [-0.1, -0.05) is 12.1 Å². The highest BCUT2D eigenvalue weighted by atomic mass is 32.1. The lowest BCUT2D eigenvalue weighted by Gasteiger charge is -2.13. The summed E-state index contributed by atoms with van der Waals surface area (Å²) in [6, 6.07) is 8.18. The lowest BCUT2D eigenvalue weighted by Crippen LogP contribution is -2.25. The van der Waals surface area contributed by atoms with Gasteiger partial charge in [0.05, 0.1) is 22.7 Å². The van der Waals surface area contributed by atoms with Crippen LogP contribution in [0, 0.1) is 0 Å². The van der Waals surface area contributed by atoms with Gasteiger partial charge in [0.15, 0.2) is 0 Å². The molecule has 4 aromatic rings. The van der Waals surface area contributed by atoms with E-state index in [9.17, 15) is 4.79 Å². The van der Waals surface area contributed by atoms with Crippen molar-refractivity contribution in [3.8, 4) is 0 Å². The minimum Gasteiger partial charge on any atom is -0.355 e. The molecule has 3 aromatic heterocycles. The number of thiophene rings is 1. The minimum absolute atomic E-state index is 0.111. The summed E-state index contributed by atoms with van der Waals surface area (Å²) in [4.78, 5) is 24.7. The topological polar surface area (TPSA) is 64.7 Å². The SMILES string of the molecule is CCn1c(NCCCn2cnc3ccccc32)nc2sc3c(c2c1=O)CCCC3. The zero-order chi connectivity index (χ0) is 19.8. The third kappa shape index (κ3) is 3.23. The molecule has 29 heavy (non-hydrogen) atoms. The number of nitrogens with one attached hydrogen (secondary N) is 1. The summed E-state index contributed by atoms with van der Waals surface area (Å²) in [5.41, 5.74) is 3.55. The van der Waals surface area contributed by atoms with E-state index < -0.39 is 0 Å². The molecule has 0 unspecified atom stereocenters. The Morgan fingerprint density at radius 1 is 1.21 bits per heavy atom. The van der Waals surface area contributed by atoms with Crippen LogP contribution in [0.1, 0.15) is 36.6 Å². The molecular formula is C22H25N5OS. The molecule has 0 bridgehead atoms. The van der Waals surface area contributed by atoms with E-state index in [-0.39, 0.29) is 5.56 Å².